The molecule has 166 valence electrons. The first-order valence-electron chi connectivity index (χ1n) is 10.4. The van der Waals surface area contributed by atoms with E-state index in [1.807, 2.05) is 0 Å². The van der Waals surface area contributed by atoms with Crippen molar-refractivity contribution in [1.82, 2.24) is 19.9 Å². The Bertz CT molecular complexity index is 1260. The molecule has 0 atom stereocenters. The molecule has 0 bridgehead atoms. The van der Waals surface area contributed by atoms with E-state index in [1.54, 1.807) is 12.1 Å². The molecule has 0 aliphatic heterocycles. The number of fused-ring (bicyclic) bond motifs is 3. The van der Waals surface area contributed by atoms with Gasteiger partial charge in [-0.05, 0) is 48.2 Å². The van der Waals surface area contributed by atoms with Gasteiger partial charge in [-0.15, -0.1) is 10.2 Å². The van der Waals surface area contributed by atoms with Crippen LogP contribution in [0.1, 0.15) is 36.2 Å². The third kappa shape index (κ3) is 5.06. The summed E-state index contributed by atoms with van der Waals surface area (Å²) in [6.45, 7) is 3.87. The number of benzene rings is 2. The molecule has 7 nitrogen and oxygen atoms in total. The number of hydrogen-bond acceptors (Lipinski definition) is 7. The Hall–Kier alpha value is -2.62. The summed E-state index contributed by atoms with van der Waals surface area (Å²) in [5, 5.41) is 9.15. The fraction of sp³-hybridized carbons (Fsp3) is 0.304. The van der Waals surface area contributed by atoms with E-state index in [9.17, 15) is 13.2 Å². The van der Waals surface area contributed by atoms with Crippen LogP contribution in [0.5, 0.6) is 0 Å². The zero-order chi connectivity index (χ0) is 22.7. The number of nitrogens with one attached hydrogen (secondary N) is 1. The van der Waals surface area contributed by atoms with Crippen LogP contribution in [0.3, 0.4) is 0 Å². The van der Waals surface area contributed by atoms with Gasteiger partial charge >= 0.3 is 0 Å². The van der Waals surface area contributed by atoms with E-state index in [4.69, 9.17) is 0 Å². The van der Waals surface area contributed by atoms with Crippen LogP contribution in [0.4, 0.5) is 0 Å². The van der Waals surface area contributed by atoms with Crippen molar-refractivity contribution in [3.63, 3.8) is 0 Å². The Kier molecular flexibility index (Phi) is 6.68. The zero-order valence-electron chi connectivity index (χ0n) is 18.0. The van der Waals surface area contributed by atoms with Crippen molar-refractivity contribution < 1.29 is 13.2 Å². The number of rotatable bonds is 9. The number of Topliss-reactive ketones (excluding diaryl/α,β-unsaturated/α-hetero) is 1. The predicted octanol–water partition coefficient (Wildman–Crippen LogP) is 3.21. The lowest BCUT2D eigenvalue weighted by molar-refractivity contribution is -0.116. The summed E-state index contributed by atoms with van der Waals surface area (Å²) in [7, 11) is -3.62. The Labute approximate surface area is 192 Å². The maximum Gasteiger partial charge on any atom is 0.240 e. The van der Waals surface area contributed by atoms with Crippen LogP contribution >= 0.6 is 11.8 Å². The minimum Gasteiger partial charge on any atom is -0.300 e. The molecular weight excluding hydrogens is 444 g/mol. The van der Waals surface area contributed by atoms with Crippen LogP contribution in [0.15, 0.2) is 52.5 Å². The normalized spacial score (nSPS) is 12.4. The van der Waals surface area contributed by atoms with E-state index in [0.29, 0.717) is 17.3 Å². The first kappa shape index (κ1) is 22.6. The van der Waals surface area contributed by atoms with Crippen LogP contribution in [0.2, 0.25) is 0 Å². The lowest BCUT2D eigenvalue weighted by Gasteiger charge is -2.07. The average Bonchev–Trinajstić information content (AvgIpc) is 3.13. The molecule has 0 spiro atoms. The van der Waals surface area contributed by atoms with Crippen LogP contribution in [-0.2, 0) is 34.1 Å². The second-order valence-electron chi connectivity index (χ2n) is 7.68. The molecule has 0 saturated heterocycles. The molecule has 1 heterocycles. The average molecular weight is 469 g/mol. The largest absolute Gasteiger partial charge is 0.300 e. The topological polar surface area (TPSA) is 102 Å². The maximum absolute atomic E-state index is 12.5. The van der Waals surface area contributed by atoms with E-state index in [2.05, 4.69) is 45.0 Å². The van der Waals surface area contributed by atoms with E-state index < -0.39 is 10.0 Å². The van der Waals surface area contributed by atoms with Gasteiger partial charge in [0, 0.05) is 30.7 Å². The van der Waals surface area contributed by atoms with Gasteiger partial charge in [-0.2, -0.15) is 0 Å². The lowest BCUT2D eigenvalue weighted by Crippen LogP contribution is -2.26. The van der Waals surface area contributed by atoms with Gasteiger partial charge in [-0.25, -0.2) is 18.1 Å². The number of nitrogens with zero attached hydrogens (tertiary/aromatic N) is 3. The molecule has 1 aliphatic carbocycles. The number of aryl methyl sites for hydroxylation is 1. The molecule has 0 amide bonds. The second kappa shape index (κ2) is 9.48. The van der Waals surface area contributed by atoms with Crippen molar-refractivity contribution in [2.45, 2.75) is 43.2 Å². The number of ketones is 1. The lowest BCUT2D eigenvalue weighted by atomic mass is 10.0. The third-order valence-electron chi connectivity index (χ3n) is 5.25. The number of carbonyl (C=O) groups is 1. The quantitative estimate of drug-likeness (QED) is 0.297. The Balaban J connectivity index is 1.33. The van der Waals surface area contributed by atoms with Crippen molar-refractivity contribution >= 4 is 27.6 Å². The second-order valence-corrected chi connectivity index (χ2v) is 10.5. The van der Waals surface area contributed by atoms with Crippen molar-refractivity contribution in [3.8, 4) is 11.3 Å². The summed E-state index contributed by atoms with van der Waals surface area (Å²) in [6, 6.07) is 12.8. The van der Waals surface area contributed by atoms with Crippen LogP contribution in [0, 0.1) is 0 Å². The molecule has 0 fully saturated rings. The van der Waals surface area contributed by atoms with Crippen molar-refractivity contribution in [3.05, 3.63) is 64.8 Å². The van der Waals surface area contributed by atoms with Gasteiger partial charge in [-0.3, -0.25) is 4.79 Å². The Morgan fingerprint density at radius 1 is 1.09 bits per heavy atom. The van der Waals surface area contributed by atoms with E-state index in [0.717, 1.165) is 35.4 Å². The predicted molar refractivity (Wildman–Crippen MR) is 124 cm³/mol. The number of hydrogen-bond donors (Lipinski definition) is 1. The smallest absolute Gasteiger partial charge is 0.240 e. The SMILES string of the molecule is CCc1ccc2c(c1)-c1nnc(SCCNS(=O)(=O)c3ccc(CC(C)=O)cc3)nc1C2. The highest BCUT2D eigenvalue weighted by Crippen LogP contribution is 2.34. The van der Waals surface area contributed by atoms with Gasteiger partial charge in [-0.1, -0.05) is 43.0 Å². The van der Waals surface area contributed by atoms with Crippen LogP contribution < -0.4 is 4.72 Å². The monoisotopic (exact) mass is 468 g/mol. The summed E-state index contributed by atoms with van der Waals surface area (Å²) < 4.78 is 27.5. The highest BCUT2D eigenvalue weighted by atomic mass is 32.2. The first-order chi connectivity index (χ1) is 15.4. The molecule has 9 heteroatoms. The van der Waals surface area contributed by atoms with Crippen LogP contribution in [0.25, 0.3) is 11.3 Å². The third-order valence-corrected chi connectivity index (χ3v) is 7.56. The molecular formula is C23H24N4O3S2. The van der Waals surface area contributed by atoms with Gasteiger partial charge in [0.25, 0.3) is 0 Å². The maximum atomic E-state index is 12.5. The zero-order valence-corrected chi connectivity index (χ0v) is 19.6. The number of carbonyl (C=O) groups excluding carboxylic acids is 1. The van der Waals surface area contributed by atoms with Gasteiger partial charge in [0.1, 0.15) is 11.5 Å². The van der Waals surface area contributed by atoms with Gasteiger partial charge in [0.05, 0.1) is 10.6 Å². The number of aromatic nitrogens is 3. The minimum absolute atomic E-state index is 0.0358. The molecule has 0 radical (unpaired) electrons. The minimum atomic E-state index is -3.62. The highest BCUT2D eigenvalue weighted by molar-refractivity contribution is 7.99. The van der Waals surface area contributed by atoms with Crippen molar-refractivity contribution in [1.29, 1.82) is 0 Å². The number of sulfonamides is 1. The summed E-state index contributed by atoms with van der Waals surface area (Å²) in [5.74, 6) is 0.517. The summed E-state index contributed by atoms with van der Waals surface area (Å²) in [4.78, 5) is 16.0. The van der Waals surface area contributed by atoms with Gasteiger partial charge < -0.3 is 0 Å². The number of thioether (sulfide) groups is 1. The molecule has 0 unspecified atom stereocenters. The van der Waals surface area contributed by atoms with E-state index in [-0.39, 0.29) is 17.2 Å². The highest BCUT2D eigenvalue weighted by Gasteiger charge is 2.23. The van der Waals surface area contributed by atoms with Gasteiger partial charge in [0.2, 0.25) is 15.2 Å². The van der Waals surface area contributed by atoms with Crippen molar-refractivity contribution in [2.75, 3.05) is 12.3 Å². The molecule has 2 aromatic carbocycles. The van der Waals surface area contributed by atoms with Crippen LogP contribution in [-0.4, -0.2) is 41.7 Å². The molecule has 1 aliphatic rings. The van der Waals surface area contributed by atoms with E-state index in [1.165, 1.54) is 41.9 Å². The summed E-state index contributed by atoms with van der Waals surface area (Å²) in [6.07, 6.45) is 2.00. The Morgan fingerprint density at radius 3 is 2.56 bits per heavy atom. The molecule has 0 saturated carbocycles. The fourth-order valence-electron chi connectivity index (χ4n) is 3.61. The molecule has 1 aromatic heterocycles. The van der Waals surface area contributed by atoms with Crippen molar-refractivity contribution in [2.24, 2.45) is 0 Å². The van der Waals surface area contributed by atoms with E-state index >= 15 is 0 Å². The standard InChI is InChI=1S/C23H24N4O3S2/c1-3-16-4-7-18-14-21-22(20(18)13-16)26-27-23(25-21)31-11-10-24-32(29,30)19-8-5-17(6-9-19)12-15(2)28/h4-9,13,24H,3,10-12,14H2,1-2H3. The molecule has 1 N–H and O–H groups in total. The Morgan fingerprint density at radius 2 is 1.84 bits per heavy atom. The molecule has 32 heavy (non-hydrogen) atoms. The first-order valence-corrected chi connectivity index (χ1v) is 12.9. The molecule has 3 aromatic rings. The fourth-order valence-corrected chi connectivity index (χ4v) is 5.43. The summed E-state index contributed by atoms with van der Waals surface area (Å²) in [5.41, 5.74) is 6.13. The van der Waals surface area contributed by atoms with Gasteiger partial charge in [0.15, 0.2) is 0 Å². The summed E-state index contributed by atoms with van der Waals surface area (Å²) >= 11 is 1.37. The molecule has 4 rings (SSSR count).